The predicted octanol–water partition coefficient (Wildman–Crippen LogP) is 3.20. The van der Waals surface area contributed by atoms with Gasteiger partial charge in [-0.2, -0.15) is 0 Å². The molecule has 27 heavy (non-hydrogen) atoms. The van der Waals surface area contributed by atoms with Crippen molar-refractivity contribution >= 4 is 0 Å². The molecule has 2 atom stereocenters. The number of aromatic hydroxyl groups is 1. The lowest BCUT2D eigenvalue weighted by Gasteiger charge is -2.31. The number of fused-ring (bicyclic) bond motifs is 1. The van der Waals surface area contributed by atoms with Crippen molar-refractivity contribution in [2.24, 2.45) is 0 Å². The lowest BCUT2D eigenvalue weighted by atomic mass is 9.84. The Bertz CT molecular complexity index is 788. The number of ether oxygens (including phenoxy) is 4. The van der Waals surface area contributed by atoms with E-state index in [1.165, 1.54) is 7.11 Å². The van der Waals surface area contributed by atoms with Gasteiger partial charge >= 0.3 is 0 Å². The smallest absolute Gasteiger partial charge is 0.161 e. The SMILES string of the molecule is COc1cc2c(cc1O)C(CO)C(c1ccc(OC)c(OC)c1)OCCC2. The van der Waals surface area contributed by atoms with Crippen LogP contribution in [0.5, 0.6) is 23.0 Å². The van der Waals surface area contributed by atoms with Crippen LogP contribution >= 0.6 is 0 Å². The summed E-state index contributed by atoms with van der Waals surface area (Å²) in [5, 5.41) is 20.4. The average molecular weight is 374 g/mol. The molecule has 1 aliphatic heterocycles. The molecule has 0 saturated carbocycles. The lowest BCUT2D eigenvalue weighted by molar-refractivity contribution is 0.0130. The van der Waals surface area contributed by atoms with Gasteiger partial charge in [0, 0.05) is 12.5 Å². The highest BCUT2D eigenvalue weighted by Gasteiger charge is 2.30. The van der Waals surface area contributed by atoms with E-state index in [0.29, 0.717) is 23.9 Å². The van der Waals surface area contributed by atoms with Gasteiger partial charge in [-0.1, -0.05) is 6.07 Å². The van der Waals surface area contributed by atoms with Crippen LogP contribution in [0.15, 0.2) is 30.3 Å². The molecule has 2 unspecified atom stereocenters. The number of phenols is 1. The normalized spacial score (nSPS) is 19.6. The van der Waals surface area contributed by atoms with E-state index >= 15 is 0 Å². The maximum atomic E-state index is 10.3. The van der Waals surface area contributed by atoms with E-state index in [-0.39, 0.29) is 24.4 Å². The number of aryl methyl sites for hydroxylation is 1. The Kier molecular flexibility index (Phi) is 6.08. The number of hydrogen-bond acceptors (Lipinski definition) is 6. The first kappa shape index (κ1) is 19.3. The fraction of sp³-hybridized carbons (Fsp3) is 0.429. The highest BCUT2D eigenvalue weighted by atomic mass is 16.5. The van der Waals surface area contributed by atoms with Gasteiger partial charge in [-0.3, -0.25) is 0 Å². The van der Waals surface area contributed by atoms with E-state index in [1.807, 2.05) is 24.3 Å². The number of rotatable bonds is 5. The van der Waals surface area contributed by atoms with Crippen LogP contribution in [-0.2, 0) is 11.2 Å². The number of aliphatic hydroxyl groups is 1. The van der Waals surface area contributed by atoms with Crippen LogP contribution in [0.2, 0.25) is 0 Å². The van der Waals surface area contributed by atoms with Crippen LogP contribution in [0.3, 0.4) is 0 Å². The number of benzene rings is 2. The summed E-state index contributed by atoms with van der Waals surface area (Å²) in [6.07, 6.45) is 1.26. The van der Waals surface area contributed by atoms with Gasteiger partial charge in [0.15, 0.2) is 23.0 Å². The summed E-state index contributed by atoms with van der Waals surface area (Å²) in [6, 6.07) is 9.15. The van der Waals surface area contributed by atoms with Crippen molar-refractivity contribution in [3.63, 3.8) is 0 Å². The standard InChI is InChI=1S/C21H26O6/c1-24-18-7-6-14(10-20(18)26-3)21-16(12-22)15-11-17(23)19(25-2)9-13(15)5-4-8-27-21/h6-7,9-11,16,21-23H,4-5,8,12H2,1-3H3. The molecule has 0 bridgehead atoms. The third-order valence-electron chi connectivity index (χ3n) is 5.03. The van der Waals surface area contributed by atoms with Crippen LogP contribution in [0.1, 0.15) is 35.1 Å². The van der Waals surface area contributed by atoms with Crippen molar-refractivity contribution in [3.8, 4) is 23.0 Å². The van der Waals surface area contributed by atoms with Gasteiger partial charge in [0.1, 0.15) is 0 Å². The number of methoxy groups -OCH3 is 3. The van der Waals surface area contributed by atoms with E-state index in [4.69, 9.17) is 18.9 Å². The summed E-state index contributed by atoms with van der Waals surface area (Å²) in [4.78, 5) is 0. The number of hydrogen-bond donors (Lipinski definition) is 2. The molecule has 6 nitrogen and oxygen atoms in total. The topological polar surface area (TPSA) is 77.4 Å². The number of aliphatic hydroxyl groups excluding tert-OH is 1. The highest BCUT2D eigenvalue weighted by Crippen LogP contribution is 2.43. The number of phenolic OH excluding ortho intramolecular Hbond substituents is 1. The van der Waals surface area contributed by atoms with Crippen molar-refractivity contribution in [1.29, 1.82) is 0 Å². The summed E-state index contributed by atoms with van der Waals surface area (Å²) in [7, 11) is 4.71. The van der Waals surface area contributed by atoms with E-state index in [0.717, 1.165) is 29.5 Å². The Morgan fingerprint density at radius 2 is 1.74 bits per heavy atom. The summed E-state index contributed by atoms with van der Waals surface area (Å²) in [5.41, 5.74) is 2.81. The molecule has 3 rings (SSSR count). The molecular weight excluding hydrogens is 348 g/mol. The first-order chi connectivity index (χ1) is 13.1. The van der Waals surface area contributed by atoms with Crippen molar-refractivity contribution in [3.05, 3.63) is 47.0 Å². The van der Waals surface area contributed by atoms with Crippen molar-refractivity contribution < 1.29 is 29.2 Å². The third kappa shape index (κ3) is 3.82. The summed E-state index contributed by atoms with van der Waals surface area (Å²) in [6.45, 7) is 0.454. The van der Waals surface area contributed by atoms with Crippen LogP contribution in [0.4, 0.5) is 0 Å². The zero-order valence-electron chi connectivity index (χ0n) is 15.9. The monoisotopic (exact) mass is 374 g/mol. The second kappa shape index (κ2) is 8.50. The molecule has 6 heteroatoms. The molecule has 1 aliphatic rings. The minimum absolute atomic E-state index is 0.0568. The van der Waals surface area contributed by atoms with Crippen LogP contribution in [-0.4, -0.2) is 44.8 Å². The summed E-state index contributed by atoms with van der Waals surface area (Å²) in [5.74, 6) is 1.41. The summed E-state index contributed by atoms with van der Waals surface area (Å²) >= 11 is 0. The Balaban J connectivity index is 2.07. The zero-order valence-corrected chi connectivity index (χ0v) is 15.9. The van der Waals surface area contributed by atoms with E-state index < -0.39 is 0 Å². The van der Waals surface area contributed by atoms with Crippen LogP contribution in [0, 0.1) is 0 Å². The molecule has 1 heterocycles. The lowest BCUT2D eigenvalue weighted by Crippen LogP contribution is -2.22. The molecule has 0 spiro atoms. The van der Waals surface area contributed by atoms with Gasteiger partial charge in [0.25, 0.3) is 0 Å². The Hall–Kier alpha value is -2.44. The molecule has 0 aromatic heterocycles. The predicted molar refractivity (Wildman–Crippen MR) is 101 cm³/mol. The quantitative estimate of drug-likeness (QED) is 0.837. The largest absolute Gasteiger partial charge is 0.504 e. The van der Waals surface area contributed by atoms with Crippen molar-refractivity contribution in [1.82, 2.24) is 0 Å². The molecule has 0 amide bonds. The van der Waals surface area contributed by atoms with Crippen LogP contribution in [0.25, 0.3) is 0 Å². The van der Waals surface area contributed by atoms with E-state index in [9.17, 15) is 10.2 Å². The van der Waals surface area contributed by atoms with Gasteiger partial charge in [0.05, 0.1) is 34.0 Å². The van der Waals surface area contributed by atoms with Crippen molar-refractivity contribution in [2.45, 2.75) is 24.9 Å². The van der Waals surface area contributed by atoms with Gasteiger partial charge in [0.2, 0.25) is 0 Å². The molecule has 2 aromatic carbocycles. The first-order valence-electron chi connectivity index (χ1n) is 8.97. The molecule has 146 valence electrons. The highest BCUT2D eigenvalue weighted by molar-refractivity contribution is 5.50. The van der Waals surface area contributed by atoms with Gasteiger partial charge in [-0.15, -0.1) is 0 Å². The van der Waals surface area contributed by atoms with Gasteiger partial charge in [-0.05, 0) is 53.8 Å². The third-order valence-corrected chi connectivity index (χ3v) is 5.03. The minimum Gasteiger partial charge on any atom is -0.504 e. The van der Waals surface area contributed by atoms with Crippen molar-refractivity contribution in [2.75, 3.05) is 34.5 Å². The maximum Gasteiger partial charge on any atom is 0.161 e. The Morgan fingerprint density at radius 3 is 2.41 bits per heavy atom. The van der Waals surface area contributed by atoms with Gasteiger partial charge in [-0.25, -0.2) is 0 Å². The Morgan fingerprint density at radius 1 is 1.00 bits per heavy atom. The molecular formula is C21H26O6. The molecule has 0 saturated heterocycles. The van der Waals surface area contributed by atoms with E-state index in [2.05, 4.69) is 0 Å². The second-order valence-electron chi connectivity index (χ2n) is 6.52. The fourth-order valence-corrected chi connectivity index (χ4v) is 3.66. The zero-order chi connectivity index (χ0) is 19.4. The molecule has 0 fully saturated rings. The van der Waals surface area contributed by atoms with Gasteiger partial charge < -0.3 is 29.2 Å². The molecule has 2 N–H and O–H groups in total. The summed E-state index contributed by atoms with van der Waals surface area (Å²) < 4.78 is 22.1. The van der Waals surface area contributed by atoms with Crippen LogP contribution < -0.4 is 14.2 Å². The average Bonchev–Trinajstić information content (AvgIpc) is 2.69. The molecule has 2 aromatic rings. The minimum atomic E-state index is -0.373. The van der Waals surface area contributed by atoms with E-state index in [1.54, 1.807) is 20.3 Å². The fourth-order valence-electron chi connectivity index (χ4n) is 3.66. The molecule has 0 radical (unpaired) electrons. The first-order valence-corrected chi connectivity index (χ1v) is 8.97. The Labute approximate surface area is 159 Å². The maximum absolute atomic E-state index is 10.3. The molecule has 0 aliphatic carbocycles. The second-order valence-corrected chi connectivity index (χ2v) is 6.52.